The molecule has 2 atom stereocenters. The second kappa shape index (κ2) is 9.33. The van der Waals surface area contributed by atoms with Gasteiger partial charge >= 0.3 is 0 Å². The van der Waals surface area contributed by atoms with Gasteiger partial charge in [0.2, 0.25) is 5.91 Å². The molecule has 0 radical (unpaired) electrons. The molecule has 1 N–H and O–H groups in total. The van der Waals surface area contributed by atoms with Crippen molar-refractivity contribution in [2.45, 2.75) is 45.1 Å². The zero-order valence-corrected chi connectivity index (χ0v) is 16.7. The van der Waals surface area contributed by atoms with Crippen LogP contribution in [0, 0.1) is 5.92 Å². The number of piperidine rings is 1. The van der Waals surface area contributed by atoms with Gasteiger partial charge in [0.25, 0.3) is 0 Å². The fourth-order valence-corrected chi connectivity index (χ4v) is 4.67. The summed E-state index contributed by atoms with van der Waals surface area (Å²) in [5, 5.41) is 5.39. The van der Waals surface area contributed by atoms with E-state index in [-0.39, 0.29) is 11.8 Å². The lowest BCUT2D eigenvalue weighted by Crippen LogP contribution is -2.42. The zero-order valence-electron chi connectivity index (χ0n) is 15.9. The summed E-state index contributed by atoms with van der Waals surface area (Å²) >= 11 is 1.79. The molecule has 2 aromatic rings. The monoisotopic (exact) mass is 370 g/mol. The molecule has 2 heterocycles. The maximum Gasteiger partial charge on any atom is 0.227 e. The van der Waals surface area contributed by atoms with Crippen molar-refractivity contribution in [3.05, 3.63) is 58.3 Å². The van der Waals surface area contributed by atoms with Crippen LogP contribution in [-0.4, -0.2) is 30.4 Å². The quantitative estimate of drug-likeness (QED) is 0.757. The van der Waals surface area contributed by atoms with Crippen molar-refractivity contribution in [1.29, 1.82) is 0 Å². The minimum atomic E-state index is -0.0680. The van der Waals surface area contributed by atoms with Crippen LogP contribution in [-0.2, 0) is 4.79 Å². The molecule has 3 rings (SSSR count). The molecule has 1 aliphatic rings. The summed E-state index contributed by atoms with van der Waals surface area (Å²) in [5.41, 5.74) is 1.10. The van der Waals surface area contributed by atoms with Crippen LogP contribution in [0.5, 0.6) is 0 Å². The first-order valence-corrected chi connectivity index (χ1v) is 10.7. The molecule has 1 aliphatic heterocycles. The second-order valence-electron chi connectivity index (χ2n) is 7.37. The summed E-state index contributed by atoms with van der Waals surface area (Å²) in [5.74, 6) is 0.888. The summed E-state index contributed by atoms with van der Waals surface area (Å²) < 4.78 is 0. The molecule has 3 nitrogen and oxygen atoms in total. The number of nitrogens with zero attached hydrogens (tertiary/aromatic N) is 1. The molecule has 1 fully saturated rings. The molecule has 2 unspecified atom stereocenters. The minimum Gasteiger partial charge on any atom is -0.354 e. The van der Waals surface area contributed by atoms with Gasteiger partial charge in [-0.05, 0) is 55.3 Å². The van der Waals surface area contributed by atoms with Gasteiger partial charge in [-0.1, -0.05) is 50.2 Å². The number of carbonyl (C=O) groups excluding carboxylic acids is 1. The second-order valence-corrected chi connectivity index (χ2v) is 8.35. The predicted octanol–water partition coefficient (Wildman–Crippen LogP) is 4.83. The van der Waals surface area contributed by atoms with E-state index in [9.17, 15) is 4.79 Å². The molecule has 140 valence electrons. The highest BCUT2D eigenvalue weighted by atomic mass is 32.1. The van der Waals surface area contributed by atoms with Crippen molar-refractivity contribution >= 4 is 17.2 Å². The van der Waals surface area contributed by atoms with Gasteiger partial charge in [-0.2, -0.15) is 0 Å². The number of benzene rings is 1. The topological polar surface area (TPSA) is 32.3 Å². The maximum atomic E-state index is 12.9. The van der Waals surface area contributed by atoms with E-state index in [4.69, 9.17) is 0 Å². The Balaban J connectivity index is 1.66. The average Bonchev–Trinajstić information content (AvgIpc) is 3.19. The van der Waals surface area contributed by atoms with Crippen LogP contribution < -0.4 is 5.32 Å². The highest BCUT2D eigenvalue weighted by Crippen LogP contribution is 2.29. The number of rotatable bonds is 7. The number of likely N-dealkylation sites (tertiary alicyclic amines) is 1. The predicted molar refractivity (Wildman–Crippen MR) is 110 cm³/mol. The summed E-state index contributed by atoms with van der Waals surface area (Å²) in [6.45, 7) is 7.35. The van der Waals surface area contributed by atoms with Gasteiger partial charge in [-0.3, -0.25) is 9.69 Å². The molecule has 1 aromatic heterocycles. The number of hydrogen-bond donors (Lipinski definition) is 1. The number of hydrogen-bond acceptors (Lipinski definition) is 3. The van der Waals surface area contributed by atoms with Crippen molar-refractivity contribution in [3.63, 3.8) is 0 Å². The van der Waals surface area contributed by atoms with Crippen LogP contribution in [0.2, 0.25) is 0 Å². The van der Waals surface area contributed by atoms with E-state index < -0.39 is 0 Å². The largest absolute Gasteiger partial charge is 0.354 e. The first-order chi connectivity index (χ1) is 12.7. The van der Waals surface area contributed by atoms with E-state index >= 15 is 0 Å². The summed E-state index contributed by atoms with van der Waals surface area (Å²) in [4.78, 5) is 16.8. The van der Waals surface area contributed by atoms with E-state index in [1.165, 1.54) is 17.7 Å². The Morgan fingerprint density at radius 1 is 1.19 bits per heavy atom. The van der Waals surface area contributed by atoms with Crippen molar-refractivity contribution in [1.82, 2.24) is 10.2 Å². The third-order valence-electron chi connectivity index (χ3n) is 5.53. The van der Waals surface area contributed by atoms with E-state index in [1.807, 2.05) is 18.2 Å². The standard InChI is InChI=1S/C22H30N2OS/c1-3-19(18-8-5-4-6-9-18)22(25)23-16-20(21-10-7-15-26-21)24-13-11-17(2)12-14-24/h4-10,15,17,19-20H,3,11-14,16H2,1-2H3,(H,23,25). The molecular formula is C22H30N2OS. The first kappa shape index (κ1) is 19.1. The highest BCUT2D eigenvalue weighted by Gasteiger charge is 2.27. The fraction of sp³-hybridized carbons (Fsp3) is 0.500. The summed E-state index contributed by atoms with van der Waals surface area (Å²) in [6, 6.07) is 14.7. The van der Waals surface area contributed by atoms with Gasteiger partial charge in [-0.25, -0.2) is 0 Å². The van der Waals surface area contributed by atoms with E-state index in [1.54, 1.807) is 11.3 Å². The Kier molecular flexibility index (Phi) is 6.86. The van der Waals surface area contributed by atoms with Crippen LogP contribution >= 0.6 is 11.3 Å². The average molecular weight is 371 g/mol. The van der Waals surface area contributed by atoms with Gasteiger partial charge in [0.15, 0.2) is 0 Å². The molecule has 0 saturated carbocycles. The molecular weight excluding hydrogens is 340 g/mol. The Labute approximate surface area is 161 Å². The molecule has 0 bridgehead atoms. The number of carbonyl (C=O) groups is 1. The Bertz CT molecular complexity index is 663. The van der Waals surface area contributed by atoms with Crippen molar-refractivity contribution in [3.8, 4) is 0 Å². The van der Waals surface area contributed by atoms with Gasteiger partial charge in [0.05, 0.1) is 12.0 Å². The molecule has 0 spiro atoms. The van der Waals surface area contributed by atoms with Crippen LogP contribution in [0.3, 0.4) is 0 Å². The van der Waals surface area contributed by atoms with Gasteiger partial charge in [0, 0.05) is 11.4 Å². The lowest BCUT2D eigenvalue weighted by Gasteiger charge is -2.36. The van der Waals surface area contributed by atoms with Gasteiger partial charge < -0.3 is 5.32 Å². The molecule has 1 aromatic carbocycles. The smallest absolute Gasteiger partial charge is 0.227 e. The highest BCUT2D eigenvalue weighted by molar-refractivity contribution is 7.10. The maximum absolute atomic E-state index is 12.9. The molecule has 1 amide bonds. The third-order valence-corrected chi connectivity index (χ3v) is 6.50. The van der Waals surface area contributed by atoms with Gasteiger partial charge in [0.1, 0.15) is 0 Å². The van der Waals surface area contributed by atoms with E-state index in [0.29, 0.717) is 12.6 Å². The molecule has 0 aliphatic carbocycles. The zero-order chi connectivity index (χ0) is 18.4. The van der Waals surface area contributed by atoms with Crippen LogP contribution in [0.1, 0.15) is 55.5 Å². The normalized spacial score (nSPS) is 18.4. The number of amides is 1. The van der Waals surface area contributed by atoms with E-state index in [2.05, 4.69) is 53.7 Å². The molecule has 26 heavy (non-hydrogen) atoms. The van der Waals surface area contributed by atoms with E-state index in [0.717, 1.165) is 31.0 Å². The van der Waals surface area contributed by atoms with Crippen molar-refractivity contribution in [2.24, 2.45) is 5.92 Å². The lowest BCUT2D eigenvalue weighted by atomic mass is 9.95. The summed E-state index contributed by atoms with van der Waals surface area (Å²) in [6.07, 6.45) is 3.32. The van der Waals surface area contributed by atoms with Crippen LogP contribution in [0.25, 0.3) is 0 Å². The Morgan fingerprint density at radius 3 is 2.54 bits per heavy atom. The number of nitrogens with one attached hydrogen (secondary N) is 1. The SMILES string of the molecule is CCC(C(=O)NCC(c1cccs1)N1CCC(C)CC1)c1ccccc1. The summed E-state index contributed by atoms with van der Waals surface area (Å²) in [7, 11) is 0. The molecule has 4 heteroatoms. The minimum absolute atomic E-state index is 0.0680. The van der Waals surface area contributed by atoms with Crippen molar-refractivity contribution in [2.75, 3.05) is 19.6 Å². The third kappa shape index (κ3) is 4.74. The first-order valence-electron chi connectivity index (χ1n) is 9.79. The molecule has 1 saturated heterocycles. The number of thiophene rings is 1. The Morgan fingerprint density at radius 2 is 1.92 bits per heavy atom. The van der Waals surface area contributed by atoms with Crippen LogP contribution in [0.15, 0.2) is 47.8 Å². The van der Waals surface area contributed by atoms with Crippen LogP contribution in [0.4, 0.5) is 0 Å². The van der Waals surface area contributed by atoms with Crippen molar-refractivity contribution < 1.29 is 4.79 Å². The lowest BCUT2D eigenvalue weighted by molar-refractivity contribution is -0.122. The van der Waals surface area contributed by atoms with Gasteiger partial charge in [-0.15, -0.1) is 11.3 Å². The fourth-order valence-electron chi connectivity index (χ4n) is 3.81. The Hall–Kier alpha value is -1.65.